The van der Waals surface area contributed by atoms with Gasteiger partial charge in [-0.15, -0.1) is 0 Å². The standard InChI is InChI=1S/C6H10O2/c7-4-6-2-1-3-8-5-6/h2,7H,1,3-5H2. The second-order valence-corrected chi connectivity index (χ2v) is 1.86. The van der Waals surface area contributed by atoms with Gasteiger partial charge in [-0.25, -0.2) is 0 Å². The van der Waals surface area contributed by atoms with Crippen LogP contribution in [0.1, 0.15) is 6.42 Å². The molecule has 0 bridgehead atoms. The highest BCUT2D eigenvalue weighted by atomic mass is 16.5. The molecule has 0 aromatic rings. The van der Waals surface area contributed by atoms with Gasteiger partial charge in [-0.2, -0.15) is 0 Å². The number of aliphatic hydroxyl groups is 1. The Morgan fingerprint density at radius 2 is 2.62 bits per heavy atom. The van der Waals surface area contributed by atoms with E-state index in [2.05, 4.69) is 0 Å². The van der Waals surface area contributed by atoms with Gasteiger partial charge in [0.25, 0.3) is 0 Å². The van der Waals surface area contributed by atoms with E-state index < -0.39 is 0 Å². The molecule has 1 rings (SSSR count). The molecule has 1 heterocycles. The fraction of sp³-hybridized carbons (Fsp3) is 0.667. The SMILES string of the molecule is OCC1=CCCOC1. The van der Waals surface area contributed by atoms with Crippen molar-refractivity contribution in [3.8, 4) is 0 Å². The van der Waals surface area contributed by atoms with Crippen LogP contribution in [0.15, 0.2) is 11.6 Å². The predicted molar refractivity (Wildman–Crippen MR) is 30.6 cm³/mol. The van der Waals surface area contributed by atoms with E-state index in [9.17, 15) is 0 Å². The molecule has 1 aliphatic heterocycles. The molecule has 0 saturated carbocycles. The second-order valence-electron chi connectivity index (χ2n) is 1.86. The summed E-state index contributed by atoms with van der Waals surface area (Å²) in [6.07, 6.45) is 2.99. The van der Waals surface area contributed by atoms with Crippen LogP contribution in [0.25, 0.3) is 0 Å². The predicted octanol–water partition coefficient (Wildman–Crippen LogP) is 0.325. The lowest BCUT2D eigenvalue weighted by Crippen LogP contribution is -2.08. The van der Waals surface area contributed by atoms with Crippen molar-refractivity contribution in [2.75, 3.05) is 19.8 Å². The molecule has 2 nitrogen and oxygen atoms in total. The monoisotopic (exact) mass is 114 g/mol. The Bertz CT molecular complexity index is 96.7. The van der Waals surface area contributed by atoms with Crippen LogP contribution in [0.2, 0.25) is 0 Å². The fourth-order valence-electron chi connectivity index (χ4n) is 0.719. The van der Waals surface area contributed by atoms with Crippen LogP contribution in [0.5, 0.6) is 0 Å². The van der Waals surface area contributed by atoms with E-state index in [1.54, 1.807) is 0 Å². The van der Waals surface area contributed by atoms with E-state index in [1.807, 2.05) is 6.08 Å². The molecule has 2 heteroatoms. The maximum absolute atomic E-state index is 8.54. The van der Waals surface area contributed by atoms with Crippen LogP contribution >= 0.6 is 0 Å². The lowest BCUT2D eigenvalue weighted by atomic mass is 10.2. The van der Waals surface area contributed by atoms with Gasteiger partial charge >= 0.3 is 0 Å². The van der Waals surface area contributed by atoms with Crippen LogP contribution < -0.4 is 0 Å². The maximum atomic E-state index is 8.54. The third-order valence-corrected chi connectivity index (χ3v) is 1.19. The summed E-state index contributed by atoms with van der Waals surface area (Å²) in [5.41, 5.74) is 1.01. The number of aliphatic hydroxyl groups excluding tert-OH is 1. The second kappa shape index (κ2) is 2.84. The van der Waals surface area contributed by atoms with Crippen molar-refractivity contribution in [3.05, 3.63) is 11.6 Å². The molecule has 0 radical (unpaired) electrons. The minimum atomic E-state index is 0.153. The van der Waals surface area contributed by atoms with Gasteiger partial charge in [0.1, 0.15) is 0 Å². The van der Waals surface area contributed by atoms with E-state index in [4.69, 9.17) is 9.84 Å². The van der Waals surface area contributed by atoms with Crippen LogP contribution in [-0.2, 0) is 4.74 Å². The first-order valence-electron chi connectivity index (χ1n) is 2.80. The van der Waals surface area contributed by atoms with Crippen molar-refractivity contribution in [2.45, 2.75) is 6.42 Å². The summed E-state index contributed by atoms with van der Waals surface area (Å²) in [4.78, 5) is 0. The summed E-state index contributed by atoms with van der Waals surface area (Å²) < 4.78 is 5.04. The maximum Gasteiger partial charge on any atom is 0.0699 e. The number of ether oxygens (including phenoxy) is 1. The van der Waals surface area contributed by atoms with Crippen molar-refractivity contribution < 1.29 is 9.84 Å². The summed E-state index contributed by atoms with van der Waals surface area (Å²) in [6, 6.07) is 0. The van der Waals surface area contributed by atoms with E-state index >= 15 is 0 Å². The molecule has 0 fully saturated rings. The fourth-order valence-corrected chi connectivity index (χ4v) is 0.719. The Balaban J connectivity index is 2.37. The lowest BCUT2D eigenvalue weighted by molar-refractivity contribution is 0.139. The molecule has 0 spiro atoms. The van der Waals surface area contributed by atoms with Crippen LogP contribution in [0, 0.1) is 0 Å². The first-order valence-corrected chi connectivity index (χ1v) is 2.80. The molecule has 0 aromatic carbocycles. The topological polar surface area (TPSA) is 29.5 Å². The Morgan fingerprint density at radius 3 is 3.00 bits per heavy atom. The zero-order chi connectivity index (χ0) is 5.82. The van der Waals surface area contributed by atoms with Gasteiger partial charge < -0.3 is 9.84 Å². The molecule has 0 aromatic heterocycles. The van der Waals surface area contributed by atoms with Gasteiger partial charge in [0, 0.05) is 0 Å². The van der Waals surface area contributed by atoms with Crippen molar-refractivity contribution >= 4 is 0 Å². The summed E-state index contributed by atoms with van der Waals surface area (Å²) in [6.45, 7) is 1.58. The molecular weight excluding hydrogens is 104 g/mol. The van der Waals surface area contributed by atoms with Crippen LogP contribution in [0.4, 0.5) is 0 Å². The molecular formula is C6H10O2. The Hall–Kier alpha value is -0.340. The van der Waals surface area contributed by atoms with E-state index in [0.29, 0.717) is 6.61 Å². The van der Waals surface area contributed by atoms with Gasteiger partial charge in [0.15, 0.2) is 0 Å². The highest BCUT2D eigenvalue weighted by Crippen LogP contribution is 2.02. The first kappa shape index (κ1) is 5.79. The lowest BCUT2D eigenvalue weighted by Gasteiger charge is -2.09. The van der Waals surface area contributed by atoms with E-state index in [0.717, 1.165) is 18.6 Å². The molecule has 1 N–H and O–H groups in total. The normalized spacial score (nSPS) is 20.4. The highest BCUT2D eigenvalue weighted by molar-refractivity contribution is 5.04. The zero-order valence-corrected chi connectivity index (χ0v) is 4.76. The summed E-state index contributed by atoms with van der Waals surface area (Å²) in [5, 5.41) is 8.54. The molecule has 0 aliphatic carbocycles. The zero-order valence-electron chi connectivity index (χ0n) is 4.76. The van der Waals surface area contributed by atoms with Crippen molar-refractivity contribution in [3.63, 3.8) is 0 Å². The molecule has 1 aliphatic rings. The Kier molecular flexibility index (Phi) is 2.06. The van der Waals surface area contributed by atoms with Crippen LogP contribution in [-0.4, -0.2) is 24.9 Å². The molecule has 8 heavy (non-hydrogen) atoms. The third-order valence-electron chi connectivity index (χ3n) is 1.19. The Labute approximate surface area is 48.8 Å². The summed E-state index contributed by atoms with van der Waals surface area (Å²) in [7, 11) is 0. The van der Waals surface area contributed by atoms with Crippen molar-refractivity contribution in [1.29, 1.82) is 0 Å². The minimum Gasteiger partial charge on any atom is -0.392 e. The average Bonchev–Trinajstić information content (AvgIpc) is 1.90. The largest absolute Gasteiger partial charge is 0.392 e. The number of rotatable bonds is 1. The van der Waals surface area contributed by atoms with Gasteiger partial charge in [-0.05, 0) is 12.0 Å². The molecule has 0 unspecified atom stereocenters. The number of hydrogen-bond donors (Lipinski definition) is 1. The molecule has 0 saturated heterocycles. The van der Waals surface area contributed by atoms with Gasteiger partial charge in [0.05, 0.1) is 19.8 Å². The van der Waals surface area contributed by atoms with Gasteiger partial charge in [0.2, 0.25) is 0 Å². The van der Waals surface area contributed by atoms with Crippen molar-refractivity contribution in [2.24, 2.45) is 0 Å². The van der Waals surface area contributed by atoms with Gasteiger partial charge in [-0.1, -0.05) is 6.08 Å². The van der Waals surface area contributed by atoms with E-state index in [1.165, 1.54) is 0 Å². The number of hydrogen-bond acceptors (Lipinski definition) is 2. The smallest absolute Gasteiger partial charge is 0.0699 e. The minimum absolute atomic E-state index is 0.153. The summed E-state index contributed by atoms with van der Waals surface area (Å²) >= 11 is 0. The summed E-state index contributed by atoms with van der Waals surface area (Å²) in [5.74, 6) is 0. The quantitative estimate of drug-likeness (QED) is 0.498. The third kappa shape index (κ3) is 1.32. The van der Waals surface area contributed by atoms with Gasteiger partial charge in [-0.3, -0.25) is 0 Å². The molecule has 46 valence electrons. The first-order chi connectivity index (χ1) is 3.93. The Morgan fingerprint density at radius 1 is 1.75 bits per heavy atom. The van der Waals surface area contributed by atoms with Crippen molar-refractivity contribution in [1.82, 2.24) is 0 Å². The molecule has 0 atom stereocenters. The highest BCUT2D eigenvalue weighted by Gasteiger charge is 1.99. The molecule has 0 amide bonds. The van der Waals surface area contributed by atoms with E-state index in [-0.39, 0.29) is 6.61 Å². The van der Waals surface area contributed by atoms with Crippen LogP contribution in [0.3, 0.4) is 0 Å². The average molecular weight is 114 g/mol.